The van der Waals surface area contributed by atoms with Gasteiger partial charge in [0.15, 0.2) is 6.39 Å². The van der Waals surface area contributed by atoms with Crippen LogP contribution >= 0.6 is 0 Å². The average molecular weight is 296 g/mol. The van der Waals surface area contributed by atoms with E-state index in [1.165, 1.54) is 12.5 Å². The number of benzene rings is 1. The van der Waals surface area contributed by atoms with Crippen LogP contribution < -0.4 is 9.46 Å². The summed E-state index contributed by atoms with van der Waals surface area (Å²) < 4.78 is 37.0. The predicted octanol–water partition coefficient (Wildman–Crippen LogP) is 1.78. The van der Waals surface area contributed by atoms with E-state index in [9.17, 15) is 8.42 Å². The second kappa shape index (κ2) is 5.64. The molecular weight excluding hydrogens is 280 g/mol. The molecule has 2 aromatic rings. The normalized spacial score (nSPS) is 11.6. The van der Waals surface area contributed by atoms with Crippen molar-refractivity contribution < 1.29 is 17.6 Å². The van der Waals surface area contributed by atoms with Gasteiger partial charge in [-0.2, -0.15) is 0 Å². The molecule has 1 aromatic carbocycles. The molecule has 0 aliphatic rings. The molecule has 1 aromatic heterocycles. The van der Waals surface area contributed by atoms with Gasteiger partial charge in [-0.05, 0) is 37.6 Å². The van der Waals surface area contributed by atoms with E-state index in [2.05, 4.69) is 9.71 Å². The first kappa shape index (κ1) is 14.5. The van der Waals surface area contributed by atoms with Crippen molar-refractivity contribution in [2.45, 2.75) is 25.3 Å². The van der Waals surface area contributed by atoms with Gasteiger partial charge < -0.3 is 9.15 Å². The molecule has 0 saturated heterocycles. The standard InChI is InChI=1S/C13H16N2O4S/c1-9-6-11(4-5-12(9)18-3)20(16,17)15-7-13-10(2)14-8-19-13/h4-6,8,15H,7H2,1-3H3. The monoisotopic (exact) mass is 296 g/mol. The van der Waals surface area contributed by atoms with Gasteiger partial charge >= 0.3 is 0 Å². The Morgan fingerprint density at radius 1 is 1.35 bits per heavy atom. The number of oxazole rings is 1. The predicted molar refractivity (Wildman–Crippen MR) is 73.0 cm³/mol. The van der Waals surface area contributed by atoms with Crippen LogP contribution in [0.4, 0.5) is 0 Å². The zero-order valence-electron chi connectivity index (χ0n) is 11.5. The highest BCUT2D eigenvalue weighted by Crippen LogP contribution is 2.21. The van der Waals surface area contributed by atoms with Crippen LogP contribution in [0.5, 0.6) is 5.75 Å². The first-order valence-electron chi connectivity index (χ1n) is 5.97. The van der Waals surface area contributed by atoms with E-state index in [1.54, 1.807) is 33.1 Å². The molecule has 1 heterocycles. The van der Waals surface area contributed by atoms with Crippen LogP contribution in [0.15, 0.2) is 33.9 Å². The Hall–Kier alpha value is -1.86. The lowest BCUT2D eigenvalue weighted by Gasteiger charge is -2.09. The van der Waals surface area contributed by atoms with E-state index in [1.807, 2.05) is 0 Å². The zero-order valence-corrected chi connectivity index (χ0v) is 12.3. The lowest BCUT2D eigenvalue weighted by molar-refractivity contribution is 0.411. The number of sulfonamides is 1. The Bertz CT molecular complexity index is 707. The molecule has 6 nitrogen and oxygen atoms in total. The molecule has 20 heavy (non-hydrogen) atoms. The summed E-state index contributed by atoms with van der Waals surface area (Å²) in [6.07, 6.45) is 1.29. The van der Waals surface area contributed by atoms with Gasteiger partial charge in [-0.15, -0.1) is 0 Å². The topological polar surface area (TPSA) is 81.4 Å². The van der Waals surface area contributed by atoms with E-state index >= 15 is 0 Å². The third kappa shape index (κ3) is 3.00. The molecule has 0 unspecified atom stereocenters. The summed E-state index contributed by atoms with van der Waals surface area (Å²) in [4.78, 5) is 4.10. The van der Waals surface area contributed by atoms with Crippen molar-refractivity contribution in [2.75, 3.05) is 7.11 Å². The number of nitrogens with zero attached hydrogens (tertiary/aromatic N) is 1. The number of aryl methyl sites for hydroxylation is 2. The van der Waals surface area contributed by atoms with Gasteiger partial charge in [-0.3, -0.25) is 0 Å². The molecular formula is C13H16N2O4S. The van der Waals surface area contributed by atoms with E-state index in [0.717, 1.165) is 5.56 Å². The molecule has 0 aliphatic heterocycles. The fourth-order valence-electron chi connectivity index (χ4n) is 1.76. The second-order valence-electron chi connectivity index (χ2n) is 4.32. The fourth-order valence-corrected chi connectivity index (χ4v) is 2.82. The maximum Gasteiger partial charge on any atom is 0.240 e. The molecule has 0 spiro atoms. The maximum atomic E-state index is 12.2. The summed E-state index contributed by atoms with van der Waals surface area (Å²) in [5.74, 6) is 1.15. The van der Waals surface area contributed by atoms with E-state index in [-0.39, 0.29) is 11.4 Å². The molecule has 0 bridgehead atoms. The summed E-state index contributed by atoms with van der Waals surface area (Å²) in [6.45, 7) is 3.61. The molecule has 2 rings (SSSR count). The van der Waals surface area contributed by atoms with E-state index < -0.39 is 10.0 Å². The molecule has 0 saturated carbocycles. The Morgan fingerprint density at radius 2 is 2.10 bits per heavy atom. The highest BCUT2D eigenvalue weighted by molar-refractivity contribution is 7.89. The number of nitrogens with one attached hydrogen (secondary N) is 1. The van der Waals surface area contributed by atoms with Gasteiger partial charge in [0, 0.05) is 0 Å². The summed E-state index contributed by atoms with van der Waals surface area (Å²) >= 11 is 0. The van der Waals surface area contributed by atoms with Crippen molar-refractivity contribution in [1.29, 1.82) is 0 Å². The van der Waals surface area contributed by atoms with Crippen LogP contribution in [-0.4, -0.2) is 20.5 Å². The number of rotatable bonds is 5. The molecule has 0 atom stereocenters. The largest absolute Gasteiger partial charge is 0.496 e. The van der Waals surface area contributed by atoms with Crippen LogP contribution in [0, 0.1) is 13.8 Å². The van der Waals surface area contributed by atoms with Crippen molar-refractivity contribution in [2.24, 2.45) is 0 Å². The summed E-state index contributed by atoms with van der Waals surface area (Å²) in [5, 5.41) is 0. The molecule has 0 fully saturated rings. The fraction of sp³-hybridized carbons (Fsp3) is 0.308. The highest BCUT2D eigenvalue weighted by atomic mass is 32.2. The van der Waals surface area contributed by atoms with E-state index in [0.29, 0.717) is 17.2 Å². The first-order valence-corrected chi connectivity index (χ1v) is 7.45. The smallest absolute Gasteiger partial charge is 0.240 e. The van der Waals surface area contributed by atoms with Crippen molar-refractivity contribution in [3.8, 4) is 5.75 Å². The van der Waals surface area contributed by atoms with E-state index in [4.69, 9.17) is 9.15 Å². The van der Waals surface area contributed by atoms with Gasteiger partial charge in [-0.25, -0.2) is 18.1 Å². The zero-order chi connectivity index (χ0) is 14.8. The Kier molecular flexibility index (Phi) is 4.10. The van der Waals surface area contributed by atoms with Crippen LogP contribution in [0.2, 0.25) is 0 Å². The number of hydrogen-bond acceptors (Lipinski definition) is 5. The molecule has 0 aliphatic carbocycles. The minimum absolute atomic E-state index is 0.0687. The number of aromatic nitrogens is 1. The Labute approximate surface area is 117 Å². The molecule has 0 amide bonds. The van der Waals surface area contributed by atoms with Gasteiger partial charge in [0.1, 0.15) is 11.5 Å². The maximum absolute atomic E-state index is 12.2. The minimum atomic E-state index is -3.59. The first-order chi connectivity index (χ1) is 9.44. The number of hydrogen-bond donors (Lipinski definition) is 1. The van der Waals surface area contributed by atoms with Gasteiger partial charge in [0.05, 0.1) is 24.2 Å². The van der Waals surface area contributed by atoms with Crippen molar-refractivity contribution in [1.82, 2.24) is 9.71 Å². The molecule has 108 valence electrons. The Balaban J connectivity index is 2.18. The SMILES string of the molecule is COc1ccc(S(=O)(=O)NCc2ocnc2C)cc1C. The summed E-state index contributed by atoms with van der Waals surface area (Å²) in [7, 11) is -2.05. The van der Waals surface area contributed by atoms with Gasteiger partial charge in [-0.1, -0.05) is 0 Å². The van der Waals surface area contributed by atoms with Gasteiger partial charge in [0.25, 0.3) is 0 Å². The van der Waals surface area contributed by atoms with Crippen molar-refractivity contribution in [3.05, 3.63) is 41.6 Å². The van der Waals surface area contributed by atoms with Crippen molar-refractivity contribution >= 4 is 10.0 Å². The van der Waals surface area contributed by atoms with Crippen LogP contribution in [0.25, 0.3) is 0 Å². The number of methoxy groups -OCH3 is 1. The molecule has 0 radical (unpaired) electrons. The lowest BCUT2D eigenvalue weighted by Crippen LogP contribution is -2.23. The molecule has 1 N–H and O–H groups in total. The second-order valence-corrected chi connectivity index (χ2v) is 6.08. The Morgan fingerprint density at radius 3 is 2.65 bits per heavy atom. The van der Waals surface area contributed by atoms with Crippen LogP contribution in [0.1, 0.15) is 17.0 Å². The van der Waals surface area contributed by atoms with Crippen LogP contribution in [0.3, 0.4) is 0 Å². The average Bonchev–Trinajstić information content (AvgIpc) is 2.82. The summed E-state index contributed by atoms with van der Waals surface area (Å²) in [5.41, 5.74) is 1.42. The molecule has 7 heteroatoms. The lowest BCUT2D eigenvalue weighted by atomic mass is 10.2. The van der Waals surface area contributed by atoms with Crippen LogP contribution in [-0.2, 0) is 16.6 Å². The summed E-state index contributed by atoms with van der Waals surface area (Å²) in [6, 6.07) is 4.69. The third-order valence-corrected chi connectivity index (χ3v) is 4.34. The third-order valence-electron chi connectivity index (χ3n) is 2.94. The van der Waals surface area contributed by atoms with Crippen molar-refractivity contribution in [3.63, 3.8) is 0 Å². The quantitative estimate of drug-likeness (QED) is 0.909. The van der Waals surface area contributed by atoms with Gasteiger partial charge in [0.2, 0.25) is 10.0 Å². The minimum Gasteiger partial charge on any atom is -0.496 e. The number of ether oxygens (including phenoxy) is 1. The highest BCUT2D eigenvalue weighted by Gasteiger charge is 2.16.